The van der Waals surface area contributed by atoms with Gasteiger partial charge in [0.25, 0.3) is 0 Å². The van der Waals surface area contributed by atoms with Gasteiger partial charge in [-0.25, -0.2) is 4.63 Å². The predicted octanol–water partition coefficient (Wildman–Crippen LogP) is 2.37. The molecule has 1 aliphatic heterocycles. The first kappa shape index (κ1) is 14.6. The molecular weight excluding hydrogens is 312 g/mol. The minimum atomic E-state index is -0.428. The van der Waals surface area contributed by atoms with Gasteiger partial charge in [0.2, 0.25) is 11.6 Å². The maximum Gasteiger partial charge on any atom is 0.219 e. The van der Waals surface area contributed by atoms with E-state index in [9.17, 15) is 9.90 Å². The molecule has 0 unspecified atom stereocenters. The Labute approximate surface area is 137 Å². The third kappa shape index (κ3) is 2.27. The smallest absolute Gasteiger partial charge is 0.219 e. The van der Waals surface area contributed by atoms with Gasteiger partial charge in [0.05, 0.1) is 13.2 Å². The summed E-state index contributed by atoms with van der Waals surface area (Å²) in [4.78, 5) is 12.6. The highest BCUT2D eigenvalue weighted by Crippen LogP contribution is 2.40. The molecule has 2 heterocycles. The van der Waals surface area contributed by atoms with E-state index in [0.717, 1.165) is 24.1 Å². The van der Waals surface area contributed by atoms with Gasteiger partial charge in [-0.05, 0) is 40.9 Å². The van der Waals surface area contributed by atoms with Gasteiger partial charge in [-0.2, -0.15) is 0 Å². The fourth-order valence-corrected chi connectivity index (χ4v) is 3.17. The van der Waals surface area contributed by atoms with E-state index in [4.69, 9.17) is 9.37 Å². The molecule has 4 rings (SSSR count). The number of fused-ring (bicyclic) bond motifs is 1. The van der Waals surface area contributed by atoms with E-state index in [1.807, 2.05) is 0 Å². The fraction of sp³-hybridized carbons (Fsp3) is 0.312. The number of phenols is 1. The van der Waals surface area contributed by atoms with Crippen molar-refractivity contribution >= 4 is 17.4 Å². The Morgan fingerprint density at radius 3 is 2.96 bits per heavy atom. The number of ether oxygens (including phenoxy) is 1. The van der Waals surface area contributed by atoms with Gasteiger partial charge in [-0.15, -0.1) is 0 Å². The van der Waals surface area contributed by atoms with Crippen LogP contribution in [0.3, 0.4) is 0 Å². The Bertz CT molecular complexity index is 842. The van der Waals surface area contributed by atoms with Crippen molar-refractivity contribution in [2.45, 2.75) is 25.3 Å². The summed E-state index contributed by atoms with van der Waals surface area (Å²) in [6, 6.07) is 4.57. The summed E-state index contributed by atoms with van der Waals surface area (Å²) in [5.41, 5.74) is 2.27. The number of benzene rings is 1. The minimum Gasteiger partial charge on any atom is -0.504 e. The highest BCUT2D eigenvalue weighted by Gasteiger charge is 2.34. The number of nitrogens with one attached hydrogen (secondary N) is 2. The van der Waals surface area contributed by atoms with E-state index < -0.39 is 6.04 Å². The van der Waals surface area contributed by atoms with Crippen LogP contribution in [0.2, 0.25) is 0 Å². The molecule has 0 saturated heterocycles. The minimum absolute atomic E-state index is 0.0426. The van der Waals surface area contributed by atoms with Crippen LogP contribution in [-0.2, 0) is 4.79 Å². The number of allylic oxidation sites excluding steroid dienone is 1. The number of nitrogens with zero attached hydrogens (tertiary/aromatic N) is 2. The molecule has 24 heavy (non-hydrogen) atoms. The van der Waals surface area contributed by atoms with E-state index in [1.54, 1.807) is 18.2 Å². The van der Waals surface area contributed by atoms with Crippen molar-refractivity contribution in [3.05, 3.63) is 35.0 Å². The topological polar surface area (TPSA) is 110 Å². The van der Waals surface area contributed by atoms with Crippen molar-refractivity contribution in [1.29, 1.82) is 0 Å². The summed E-state index contributed by atoms with van der Waals surface area (Å²) in [5, 5.41) is 23.9. The molecule has 0 bridgehead atoms. The molecule has 124 valence electrons. The van der Waals surface area contributed by atoms with Crippen molar-refractivity contribution in [2.75, 3.05) is 17.7 Å². The Morgan fingerprint density at radius 2 is 2.12 bits per heavy atom. The van der Waals surface area contributed by atoms with Crippen LogP contribution in [-0.4, -0.2) is 28.3 Å². The van der Waals surface area contributed by atoms with Gasteiger partial charge in [-0.3, -0.25) is 4.79 Å². The maximum atomic E-state index is 12.6. The van der Waals surface area contributed by atoms with Crippen LogP contribution in [0.25, 0.3) is 0 Å². The average Bonchev–Trinajstić information content (AvgIpc) is 2.94. The van der Waals surface area contributed by atoms with Crippen LogP contribution in [0, 0.1) is 0 Å². The van der Waals surface area contributed by atoms with Gasteiger partial charge < -0.3 is 20.5 Å². The first-order valence-electron chi connectivity index (χ1n) is 7.66. The van der Waals surface area contributed by atoms with Crippen molar-refractivity contribution in [3.8, 4) is 11.5 Å². The molecule has 2 aromatic rings. The molecule has 1 atom stereocenters. The number of aromatic hydroxyl groups is 1. The van der Waals surface area contributed by atoms with Gasteiger partial charge in [-0.1, -0.05) is 6.07 Å². The molecule has 0 fully saturated rings. The molecule has 0 radical (unpaired) electrons. The van der Waals surface area contributed by atoms with E-state index in [0.29, 0.717) is 29.4 Å². The third-order valence-electron chi connectivity index (χ3n) is 4.32. The molecule has 2 aliphatic rings. The molecule has 8 nitrogen and oxygen atoms in total. The predicted molar refractivity (Wildman–Crippen MR) is 84.8 cm³/mol. The summed E-state index contributed by atoms with van der Waals surface area (Å²) in [7, 11) is 1.48. The lowest BCUT2D eigenvalue weighted by Crippen LogP contribution is -2.23. The lowest BCUT2D eigenvalue weighted by Gasteiger charge is -2.25. The van der Waals surface area contributed by atoms with Crippen LogP contribution < -0.4 is 15.4 Å². The largest absolute Gasteiger partial charge is 0.504 e. The average molecular weight is 328 g/mol. The van der Waals surface area contributed by atoms with Crippen LogP contribution in [0.4, 0.5) is 11.6 Å². The second-order valence-electron chi connectivity index (χ2n) is 5.76. The quantitative estimate of drug-likeness (QED) is 0.771. The number of anilines is 2. The number of Topliss-reactive ketones (excluding diaryl/α,β-unsaturated/α-hetero) is 1. The number of methoxy groups -OCH3 is 1. The first-order valence-corrected chi connectivity index (χ1v) is 7.66. The summed E-state index contributed by atoms with van der Waals surface area (Å²) in [6.07, 6.45) is 2.04. The van der Waals surface area contributed by atoms with Crippen molar-refractivity contribution < 1.29 is 19.3 Å². The summed E-state index contributed by atoms with van der Waals surface area (Å²) < 4.78 is 9.96. The number of ketones is 1. The van der Waals surface area contributed by atoms with Crippen molar-refractivity contribution in [2.24, 2.45) is 0 Å². The number of aromatic nitrogens is 2. The second kappa shape index (κ2) is 5.55. The van der Waals surface area contributed by atoms with Crippen LogP contribution >= 0.6 is 0 Å². The number of phenolic OH excluding ortho intramolecular Hbond substituents is 1. The Balaban J connectivity index is 1.86. The summed E-state index contributed by atoms with van der Waals surface area (Å²) in [5.74, 6) is 1.37. The van der Waals surface area contributed by atoms with Crippen LogP contribution in [0.5, 0.6) is 11.5 Å². The Morgan fingerprint density at radius 1 is 1.29 bits per heavy atom. The fourth-order valence-electron chi connectivity index (χ4n) is 3.17. The van der Waals surface area contributed by atoms with Crippen molar-refractivity contribution in [1.82, 2.24) is 10.3 Å². The highest BCUT2D eigenvalue weighted by atomic mass is 16.6. The lowest BCUT2D eigenvalue weighted by molar-refractivity contribution is -0.116. The molecule has 3 N–H and O–H groups in total. The molecule has 1 aliphatic carbocycles. The van der Waals surface area contributed by atoms with E-state index in [2.05, 4.69) is 20.9 Å². The normalized spacial score (nSPS) is 19.7. The van der Waals surface area contributed by atoms with Crippen LogP contribution in [0.15, 0.2) is 34.1 Å². The monoisotopic (exact) mass is 328 g/mol. The van der Waals surface area contributed by atoms with Gasteiger partial charge in [0, 0.05) is 17.7 Å². The molecule has 0 saturated carbocycles. The lowest BCUT2D eigenvalue weighted by atomic mass is 9.86. The van der Waals surface area contributed by atoms with E-state index in [1.165, 1.54) is 7.11 Å². The number of rotatable bonds is 2. The second-order valence-corrected chi connectivity index (χ2v) is 5.76. The maximum absolute atomic E-state index is 12.6. The SMILES string of the molecule is COc1cc([C@H]2Nc3nonc3NC3=C2C(=O)CCC3)ccc1O. The summed E-state index contributed by atoms with van der Waals surface area (Å²) >= 11 is 0. The van der Waals surface area contributed by atoms with Crippen LogP contribution in [0.1, 0.15) is 30.9 Å². The first-order chi connectivity index (χ1) is 11.7. The van der Waals surface area contributed by atoms with E-state index >= 15 is 0 Å². The zero-order valence-corrected chi connectivity index (χ0v) is 13.0. The number of carbonyl (C=O) groups excluding carboxylic acids is 1. The molecule has 1 aromatic carbocycles. The standard InChI is InChI=1S/C16H16N4O4/c1-23-12-7-8(5-6-10(12)21)14-13-9(3-2-4-11(13)22)17-15-16(18-14)20-24-19-15/h5-7,14,21H,2-4H2,1H3,(H,17,19)(H,18,20)/t14-/m1/s1. The zero-order valence-electron chi connectivity index (χ0n) is 13.0. The van der Waals surface area contributed by atoms with Gasteiger partial charge in [0.1, 0.15) is 0 Å². The molecule has 0 amide bonds. The van der Waals surface area contributed by atoms with Crippen molar-refractivity contribution in [3.63, 3.8) is 0 Å². The molecule has 8 heteroatoms. The summed E-state index contributed by atoms with van der Waals surface area (Å²) in [6.45, 7) is 0. The molecular formula is C16H16N4O4. The molecule has 1 aromatic heterocycles. The van der Waals surface area contributed by atoms with Gasteiger partial charge >= 0.3 is 0 Å². The number of carbonyl (C=O) groups is 1. The van der Waals surface area contributed by atoms with E-state index in [-0.39, 0.29) is 11.5 Å². The third-order valence-corrected chi connectivity index (χ3v) is 4.32. The molecule has 0 spiro atoms. The number of hydrogen-bond donors (Lipinski definition) is 3. The van der Waals surface area contributed by atoms with Gasteiger partial charge in [0.15, 0.2) is 17.3 Å². The Kier molecular flexibility index (Phi) is 3.37. The Hall–Kier alpha value is -3.03. The highest BCUT2D eigenvalue weighted by molar-refractivity contribution is 6.00. The zero-order chi connectivity index (χ0) is 16.7. The number of hydrogen-bond acceptors (Lipinski definition) is 8.